The van der Waals surface area contributed by atoms with Gasteiger partial charge < -0.3 is 5.32 Å². The standard InChI is InChI=1S/C16H24N2O4S/c1-12(19)13-6-8-14(9-7-13)18(23(5,21)22)11-10-17-15(20)16(2,3)4/h6-9H,10-11H2,1-5H3,(H,17,20). The maximum absolute atomic E-state index is 12.0. The van der Waals surface area contributed by atoms with Gasteiger partial charge in [-0.3, -0.25) is 13.9 Å². The Bertz CT molecular complexity index is 673. The first-order chi connectivity index (χ1) is 10.4. The summed E-state index contributed by atoms with van der Waals surface area (Å²) in [5, 5.41) is 2.73. The maximum atomic E-state index is 12.0. The summed E-state index contributed by atoms with van der Waals surface area (Å²) >= 11 is 0. The molecule has 0 bridgehead atoms. The predicted octanol–water partition coefficient (Wildman–Crippen LogP) is 1.82. The van der Waals surface area contributed by atoms with E-state index < -0.39 is 15.4 Å². The SMILES string of the molecule is CC(=O)c1ccc(N(CCNC(=O)C(C)(C)C)S(C)(=O)=O)cc1. The molecular formula is C16H24N2O4S. The number of hydrogen-bond acceptors (Lipinski definition) is 4. The van der Waals surface area contributed by atoms with Crippen LogP contribution in [0.15, 0.2) is 24.3 Å². The number of hydrogen-bond donors (Lipinski definition) is 1. The minimum atomic E-state index is -3.49. The first-order valence-electron chi connectivity index (χ1n) is 7.30. The molecular weight excluding hydrogens is 316 g/mol. The van der Waals surface area contributed by atoms with Crippen molar-refractivity contribution in [2.75, 3.05) is 23.7 Å². The van der Waals surface area contributed by atoms with Gasteiger partial charge in [-0.2, -0.15) is 0 Å². The zero-order valence-electron chi connectivity index (χ0n) is 14.2. The number of nitrogens with zero attached hydrogens (tertiary/aromatic N) is 1. The monoisotopic (exact) mass is 340 g/mol. The molecule has 0 aliphatic heterocycles. The molecule has 0 heterocycles. The van der Waals surface area contributed by atoms with Gasteiger partial charge in [0.05, 0.1) is 18.5 Å². The van der Waals surface area contributed by atoms with Crippen molar-refractivity contribution in [3.8, 4) is 0 Å². The molecule has 128 valence electrons. The van der Waals surface area contributed by atoms with E-state index in [9.17, 15) is 18.0 Å². The van der Waals surface area contributed by atoms with Crippen molar-refractivity contribution in [2.24, 2.45) is 5.41 Å². The van der Waals surface area contributed by atoms with E-state index in [0.29, 0.717) is 11.3 Å². The van der Waals surface area contributed by atoms with Crippen LogP contribution in [0.4, 0.5) is 5.69 Å². The van der Waals surface area contributed by atoms with Crippen molar-refractivity contribution < 1.29 is 18.0 Å². The Morgan fingerprint density at radius 2 is 1.65 bits per heavy atom. The Labute approximate surface area is 137 Å². The highest BCUT2D eigenvalue weighted by atomic mass is 32.2. The molecule has 6 nitrogen and oxygen atoms in total. The minimum Gasteiger partial charge on any atom is -0.354 e. The topological polar surface area (TPSA) is 83.6 Å². The van der Waals surface area contributed by atoms with Crippen LogP contribution in [0, 0.1) is 5.41 Å². The summed E-state index contributed by atoms with van der Waals surface area (Å²) in [7, 11) is -3.49. The number of anilines is 1. The second kappa shape index (κ2) is 7.12. The van der Waals surface area contributed by atoms with Crippen molar-refractivity contribution >= 4 is 27.4 Å². The van der Waals surface area contributed by atoms with Gasteiger partial charge in [0, 0.05) is 17.5 Å². The number of carbonyl (C=O) groups is 2. The van der Waals surface area contributed by atoms with E-state index in [1.807, 2.05) is 0 Å². The van der Waals surface area contributed by atoms with Gasteiger partial charge in [-0.1, -0.05) is 20.8 Å². The molecule has 1 amide bonds. The van der Waals surface area contributed by atoms with Crippen molar-refractivity contribution in [1.82, 2.24) is 5.32 Å². The molecule has 0 atom stereocenters. The van der Waals surface area contributed by atoms with E-state index in [0.717, 1.165) is 6.26 Å². The predicted molar refractivity (Wildman–Crippen MR) is 91.1 cm³/mol. The fraction of sp³-hybridized carbons (Fsp3) is 0.500. The Morgan fingerprint density at radius 1 is 1.13 bits per heavy atom. The van der Waals surface area contributed by atoms with Crippen LogP contribution in [0.1, 0.15) is 38.1 Å². The lowest BCUT2D eigenvalue weighted by atomic mass is 9.96. The number of ketones is 1. The summed E-state index contributed by atoms with van der Waals surface area (Å²) in [5.74, 6) is -0.224. The van der Waals surface area contributed by atoms with Gasteiger partial charge in [-0.25, -0.2) is 8.42 Å². The third-order valence-electron chi connectivity index (χ3n) is 3.24. The van der Waals surface area contributed by atoms with Crippen LogP contribution in [0.2, 0.25) is 0 Å². The quantitative estimate of drug-likeness (QED) is 0.801. The Balaban J connectivity index is 2.86. The molecule has 0 unspecified atom stereocenters. The molecule has 0 fully saturated rings. The summed E-state index contributed by atoms with van der Waals surface area (Å²) in [4.78, 5) is 23.1. The molecule has 1 N–H and O–H groups in total. The van der Waals surface area contributed by atoms with Gasteiger partial charge in [0.1, 0.15) is 0 Å². The summed E-state index contributed by atoms with van der Waals surface area (Å²) in [5.41, 5.74) is 0.449. The molecule has 0 aliphatic carbocycles. The fourth-order valence-corrected chi connectivity index (χ4v) is 2.81. The highest BCUT2D eigenvalue weighted by Gasteiger charge is 2.22. The van der Waals surface area contributed by atoms with E-state index in [1.165, 1.54) is 11.2 Å². The summed E-state index contributed by atoms with van der Waals surface area (Å²) in [6, 6.07) is 6.35. The van der Waals surface area contributed by atoms with Crippen molar-refractivity contribution in [3.05, 3.63) is 29.8 Å². The van der Waals surface area contributed by atoms with Gasteiger partial charge >= 0.3 is 0 Å². The molecule has 0 saturated carbocycles. The zero-order valence-corrected chi connectivity index (χ0v) is 15.0. The molecule has 1 aromatic rings. The highest BCUT2D eigenvalue weighted by Crippen LogP contribution is 2.18. The zero-order chi connectivity index (χ0) is 17.8. The molecule has 7 heteroatoms. The fourth-order valence-electron chi connectivity index (χ4n) is 1.88. The molecule has 0 saturated heterocycles. The van der Waals surface area contributed by atoms with E-state index in [4.69, 9.17) is 0 Å². The van der Waals surface area contributed by atoms with Crippen molar-refractivity contribution in [1.29, 1.82) is 0 Å². The van der Waals surface area contributed by atoms with Crippen LogP contribution in [0.5, 0.6) is 0 Å². The lowest BCUT2D eigenvalue weighted by molar-refractivity contribution is -0.128. The summed E-state index contributed by atoms with van der Waals surface area (Å²) in [6.45, 7) is 7.15. The number of sulfonamides is 1. The Morgan fingerprint density at radius 3 is 2.04 bits per heavy atom. The van der Waals surface area contributed by atoms with Crippen LogP contribution < -0.4 is 9.62 Å². The van der Waals surface area contributed by atoms with E-state index in [-0.39, 0.29) is 24.8 Å². The van der Waals surface area contributed by atoms with Gasteiger partial charge in [0.25, 0.3) is 0 Å². The highest BCUT2D eigenvalue weighted by molar-refractivity contribution is 7.92. The minimum absolute atomic E-state index is 0.0834. The average Bonchev–Trinajstić information content (AvgIpc) is 2.41. The van der Waals surface area contributed by atoms with E-state index >= 15 is 0 Å². The molecule has 0 aromatic heterocycles. The second-order valence-electron chi connectivity index (χ2n) is 6.44. The van der Waals surface area contributed by atoms with E-state index in [2.05, 4.69) is 5.32 Å². The summed E-state index contributed by atoms with van der Waals surface area (Å²) < 4.78 is 25.1. The number of benzene rings is 1. The van der Waals surface area contributed by atoms with Crippen molar-refractivity contribution in [2.45, 2.75) is 27.7 Å². The second-order valence-corrected chi connectivity index (χ2v) is 8.35. The van der Waals surface area contributed by atoms with Gasteiger partial charge in [-0.15, -0.1) is 0 Å². The third-order valence-corrected chi connectivity index (χ3v) is 4.44. The van der Waals surface area contributed by atoms with Crippen LogP contribution >= 0.6 is 0 Å². The maximum Gasteiger partial charge on any atom is 0.232 e. The van der Waals surface area contributed by atoms with E-state index in [1.54, 1.807) is 45.0 Å². The van der Waals surface area contributed by atoms with Crippen LogP contribution in [-0.2, 0) is 14.8 Å². The number of amides is 1. The Kier molecular flexibility index (Phi) is 5.93. The largest absolute Gasteiger partial charge is 0.354 e. The summed E-state index contributed by atoms with van der Waals surface area (Å²) in [6.07, 6.45) is 1.11. The smallest absolute Gasteiger partial charge is 0.232 e. The lowest BCUT2D eigenvalue weighted by Gasteiger charge is -2.24. The number of nitrogens with one attached hydrogen (secondary N) is 1. The average molecular weight is 340 g/mol. The first-order valence-corrected chi connectivity index (χ1v) is 9.15. The van der Waals surface area contributed by atoms with Crippen LogP contribution in [0.25, 0.3) is 0 Å². The molecule has 0 aliphatic rings. The van der Waals surface area contributed by atoms with Crippen LogP contribution in [0.3, 0.4) is 0 Å². The molecule has 1 aromatic carbocycles. The Hall–Kier alpha value is -1.89. The third kappa shape index (κ3) is 5.67. The van der Waals surface area contributed by atoms with Gasteiger partial charge in [-0.05, 0) is 31.2 Å². The molecule has 23 heavy (non-hydrogen) atoms. The lowest BCUT2D eigenvalue weighted by Crippen LogP contribution is -2.41. The molecule has 0 radical (unpaired) electrons. The normalized spacial score (nSPS) is 11.9. The number of carbonyl (C=O) groups excluding carboxylic acids is 2. The first kappa shape index (κ1) is 19.2. The van der Waals surface area contributed by atoms with Gasteiger partial charge in [0.2, 0.25) is 15.9 Å². The van der Waals surface area contributed by atoms with Gasteiger partial charge in [0.15, 0.2) is 5.78 Å². The number of rotatable bonds is 6. The number of Topliss-reactive ketones (excluding diaryl/α,β-unsaturated/α-hetero) is 1. The molecule has 1 rings (SSSR count). The van der Waals surface area contributed by atoms with Crippen LogP contribution in [-0.4, -0.2) is 39.5 Å². The van der Waals surface area contributed by atoms with Crippen molar-refractivity contribution in [3.63, 3.8) is 0 Å². The molecule has 0 spiro atoms.